The van der Waals surface area contributed by atoms with E-state index in [4.69, 9.17) is 5.73 Å². The van der Waals surface area contributed by atoms with Crippen molar-refractivity contribution in [2.24, 2.45) is 0 Å². The van der Waals surface area contributed by atoms with Crippen LogP contribution in [0.25, 0.3) is 0 Å². The highest BCUT2D eigenvalue weighted by atomic mass is 19.1. The summed E-state index contributed by atoms with van der Waals surface area (Å²) in [6, 6.07) is 9.92. The summed E-state index contributed by atoms with van der Waals surface area (Å²) in [7, 11) is 0. The fraction of sp³-hybridized carbons (Fsp3) is 0.235. The molecule has 0 radical (unpaired) electrons. The lowest BCUT2D eigenvalue weighted by Crippen LogP contribution is -2.36. The molecule has 1 unspecified atom stereocenters. The van der Waals surface area contributed by atoms with Crippen molar-refractivity contribution in [1.29, 1.82) is 0 Å². The minimum Gasteiger partial charge on any atom is -0.399 e. The number of amides is 1. The van der Waals surface area contributed by atoms with Crippen molar-refractivity contribution in [3.63, 3.8) is 0 Å². The third-order valence-electron chi connectivity index (χ3n) is 3.96. The number of benzene rings is 2. The van der Waals surface area contributed by atoms with Crippen LogP contribution in [0.1, 0.15) is 28.4 Å². The number of nitrogens with two attached hydrogens (primary N) is 1. The summed E-state index contributed by atoms with van der Waals surface area (Å²) in [6.07, 6.45) is 0.784. The third kappa shape index (κ3) is 2.27. The van der Waals surface area contributed by atoms with E-state index in [0.29, 0.717) is 16.8 Å². The number of hydrogen-bond donors (Lipinski definition) is 1. The molecule has 1 atom stereocenters. The maximum atomic E-state index is 13.2. The van der Waals surface area contributed by atoms with Crippen molar-refractivity contribution >= 4 is 17.3 Å². The molecular formula is C17H17FN2O. The number of hydrogen-bond acceptors (Lipinski definition) is 2. The molecule has 0 saturated carbocycles. The molecule has 0 fully saturated rings. The van der Waals surface area contributed by atoms with Crippen molar-refractivity contribution in [2.75, 3.05) is 10.6 Å². The first-order valence-corrected chi connectivity index (χ1v) is 6.95. The van der Waals surface area contributed by atoms with E-state index >= 15 is 0 Å². The maximum absolute atomic E-state index is 13.2. The molecule has 0 aliphatic carbocycles. The van der Waals surface area contributed by atoms with E-state index in [1.807, 2.05) is 19.1 Å². The molecule has 1 aliphatic heterocycles. The Morgan fingerprint density at radius 1 is 1.29 bits per heavy atom. The first-order chi connectivity index (χ1) is 9.97. The van der Waals surface area contributed by atoms with Crippen molar-refractivity contribution in [1.82, 2.24) is 0 Å². The van der Waals surface area contributed by atoms with E-state index in [1.54, 1.807) is 24.0 Å². The van der Waals surface area contributed by atoms with E-state index in [1.165, 1.54) is 12.1 Å². The first-order valence-electron chi connectivity index (χ1n) is 6.95. The van der Waals surface area contributed by atoms with Gasteiger partial charge in [-0.2, -0.15) is 0 Å². The van der Waals surface area contributed by atoms with E-state index in [-0.39, 0.29) is 17.8 Å². The molecule has 3 nitrogen and oxygen atoms in total. The van der Waals surface area contributed by atoms with Crippen LogP contribution in [-0.2, 0) is 6.42 Å². The zero-order chi connectivity index (χ0) is 15.1. The SMILES string of the molecule is Cc1cc(F)ccc1C(=O)N1c2ccc(N)cc2CC1C. The quantitative estimate of drug-likeness (QED) is 0.817. The van der Waals surface area contributed by atoms with E-state index in [0.717, 1.165) is 17.7 Å². The second-order valence-electron chi connectivity index (χ2n) is 5.58. The third-order valence-corrected chi connectivity index (χ3v) is 3.96. The van der Waals surface area contributed by atoms with Gasteiger partial charge in [-0.15, -0.1) is 0 Å². The Balaban J connectivity index is 2.03. The molecule has 3 rings (SSSR count). The number of rotatable bonds is 1. The number of nitrogens with zero attached hydrogens (tertiary/aromatic N) is 1. The second kappa shape index (κ2) is 4.88. The monoisotopic (exact) mass is 284 g/mol. The Morgan fingerprint density at radius 3 is 2.76 bits per heavy atom. The summed E-state index contributed by atoms with van der Waals surface area (Å²) < 4.78 is 13.2. The van der Waals surface area contributed by atoms with Gasteiger partial charge in [0.25, 0.3) is 5.91 Å². The van der Waals surface area contributed by atoms with Gasteiger partial charge in [0.05, 0.1) is 0 Å². The van der Waals surface area contributed by atoms with E-state index in [9.17, 15) is 9.18 Å². The average molecular weight is 284 g/mol. The number of halogens is 1. The summed E-state index contributed by atoms with van der Waals surface area (Å²) in [6.45, 7) is 3.76. The molecule has 0 aromatic heterocycles. The smallest absolute Gasteiger partial charge is 0.258 e. The van der Waals surface area contributed by atoms with Gasteiger partial charge in [-0.05, 0) is 67.8 Å². The standard InChI is InChI=1S/C17H17FN2O/c1-10-7-13(18)3-5-15(10)17(21)20-11(2)8-12-9-14(19)4-6-16(12)20/h3-7,9,11H,8,19H2,1-2H3. The number of fused-ring (bicyclic) bond motifs is 1. The molecule has 108 valence electrons. The fourth-order valence-electron chi connectivity index (χ4n) is 2.96. The van der Waals surface area contributed by atoms with Crippen LogP contribution in [0, 0.1) is 12.7 Å². The molecule has 2 aromatic carbocycles. The molecule has 0 spiro atoms. The summed E-state index contributed by atoms with van der Waals surface area (Å²) in [5.41, 5.74) is 9.66. The van der Waals surface area contributed by atoms with Crippen LogP contribution in [0.2, 0.25) is 0 Å². The molecule has 1 amide bonds. The lowest BCUT2D eigenvalue weighted by atomic mass is 10.1. The Bertz CT molecular complexity index is 727. The van der Waals surface area contributed by atoms with Crippen molar-refractivity contribution in [3.05, 3.63) is 58.9 Å². The predicted octanol–water partition coefficient (Wildman–Crippen LogP) is 3.31. The van der Waals surface area contributed by atoms with Crippen molar-refractivity contribution < 1.29 is 9.18 Å². The second-order valence-corrected chi connectivity index (χ2v) is 5.58. The molecule has 21 heavy (non-hydrogen) atoms. The van der Waals surface area contributed by atoms with Gasteiger partial charge >= 0.3 is 0 Å². The molecule has 2 aromatic rings. The molecule has 1 heterocycles. The Labute approximate surface area is 123 Å². The molecule has 2 N–H and O–H groups in total. The Hall–Kier alpha value is -2.36. The van der Waals surface area contributed by atoms with Gasteiger partial charge in [-0.25, -0.2) is 4.39 Å². The maximum Gasteiger partial charge on any atom is 0.258 e. The zero-order valence-corrected chi connectivity index (χ0v) is 12.1. The van der Waals surface area contributed by atoms with Crippen LogP contribution in [0.4, 0.5) is 15.8 Å². The Kier molecular flexibility index (Phi) is 3.16. The predicted molar refractivity (Wildman–Crippen MR) is 82.0 cm³/mol. The molecule has 1 aliphatic rings. The van der Waals surface area contributed by atoms with Crippen LogP contribution in [0.15, 0.2) is 36.4 Å². The van der Waals surface area contributed by atoms with Gasteiger partial charge in [0.1, 0.15) is 5.82 Å². The van der Waals surface area contributed by atoms with Gasteiger partial charge in [0, 0.05) is 23.0 Å². The number of aryl methyl sites for hydroxylation is 1. The number of carbonyl (C=O) groups is 1. The zero-order valence-electron chi connectivity index (χ0n) is 12.1. The summed E-state index contributed by atoms with van der Waals surface area (Å²) in [5, 5.41) is 0. The topological polar surface area (TPSA) is 46.3 Å². The highest BCUT2D eigenvalue weighted by Gasteiger charge is 2.32. The molecule has 4 heteroatoms. The largest absolute Gasteiger partial charge is 0.399 e. The minimum absolute atomic E-state index is 0.0683. The van der Waals surface area contributed by atoms with Crippen LogP contribution in [0.5, 0.6) is 0 Å². The van der Waals surface area contributed by atoms with Gasteiger partial charge in [0.2, 0.25) is 0 Å². The Morgan fingerprint density at radius 2 is 2.05 bits per heavy atom. The van der Waals surface area contributed by atoms with E-state index in [2.05, 4.69) is 0 Å². The first kappa shape index (κ1) is 13.6. The number of anilines is 2. The van der Waals surface area contributed by atoms with Crippen molar-refractivity contribution in [2.45, 2.75) is 26.3 Å². The van der Waals surface area contributed by atoms with Crippen molar-refractivity contribution in [3.8, 4) is 0 Å². The van der Waals surface area contributed by atoms with Gasteiger partial charge in [-0.1, -0.05) is 0 Å². The summed E-state index contributed by atoms with van der Waals surface area (Å²) in [4.78, 5) is 14.6. The summed E-state index contributed by atoms with van der Waals surface area (Å²) in [5.74, 6) is -0.421. The summed E-state index contributed by atoms with van der Waals surface area (Å²) >= 11 is 0. The molecule has 0 saturated heterocycles. The highest BCUT2D eigenvalue weighted by Crippen LogP contribution is 2.35. The highest BCUT2D eigenvalue weighted by molar-refractivity contribution is 6.08. The minimum atomic E-state index is -0.327. The van der Waals surface area contributed by atoms with Crippen LogP contribution in [0.3, 0.4) is 0 Å². The normalized spacial score (nSPS) is 16.9. The number of carbonyl (C=O) groups excluding carboxylic acids is 1. The van der Waals surface area contributed by atoms with Crippen LogP contribution in [-0.4, -0.2) is 11.9 Å². The lowest BCUT2D eigenvalue weighted by Gasteiger charge is -2.23. The average Bonchev–Trinajstić information content (AvgIpc) is 2.73. The van der Waals surface area contributed by atoms with Crippen LogP contribution >= 0.6 is 0 Å². The van der Waals surface area contributed by atoms with E-state index < -0.39 is 0 Å². The fourth-order valence-corrected chi connectivity index (χ4v) is 2.96. The molecule has 0 bridgehead atoms. The molecular weight excluding hydrogens is 267 g/mol. The number of nitrogen functional groups attached to an aromatic ring is 1. The van der Waals surface area contributed by atoms with Crippen LogP contribution < -0.4 is 10.6 Å². The lowest BCUT2D eigenvalue weighted by molar-refractivity contribution is 0.0981. The van der Waals surface area contributed by atoms with Gasteiger partial charge < -0.3 is 10.6 Å². The van der Waals surface area contributed by atoms with Gasteiger partial charge in [-0.3, -0.25) is 4.79 Å². The van der Waals surface area contributed by atoms with Gasteiger partial charge in [0.15, 0.2) is 0 Å².